The van der Waals surface area contributed by atoms with Crippen molar-refractivity contribution in [1.82, 2.24) is 0 Å². The van der Waals surface area contributed by atoms with Crippen molar-refractivity contribution < 1.29 is 16.2 Å². The summed E-state index contributed by atoms with van der Waals surface area (Å²) < 4.78 is 30.6. The molecule has 0 aliphatic rings. The predicted octanol–water partition coefficient (Wildman–Crippen LogP) is 7.19. The first-order chi connectivity index (χ1) is 12.6. The summed E-state index contributed by atoms with van der Waals surface area (Å²) in [6.07, 6.45) is 22.9. The van der Waals surface area contributed by atoms with Crippen LogP contribution in [-0.2, 0) is 18.2 Å². The second-order valence-corrected chi connectivity index (χ2v) is 9.46. The van der Waals surface area contributed by atoms with Gasteiger partial charge in [-0.05, 0) is 6.42 Å². The fourth-order valence-electron chi connectivity index (χ4n) is 3.01. The molecule has 26 heavy (non-hydrogen) atoms. The van der Waals surface area contributed by atoms with Gasteiger partial charge in [0.25, 0.3) is 0 Å². The van der Waals surface area contributed by atoms with Gasteiger partial charge in [-0.15, -0.1) is 0 Å². The van der Waals surface area contributed by atoms with Crippen LogP contribution in [0.25, 0.3) is 0 Å². The highest BCUT2D eigenvalue weighted by Crippen LogP contribution is 2.15. The molecule has 158 valence electrons. The van der Waals surface area contributed by atoms with Gasteiger partial charge in [-0.3, -0.25) is 4.18 Å². The lowest BCUT2D eigenvalue weighted by molar-refractivity contribution is 0.343. The van der Waals surface area contributed by atoms with Crippen molar-refractivity contribution in [3.8, 4) is 0 Å². The van der Waals surface area contributed by atoms with E-state index in [2.05, 4.69) is 14.7 Å². The number of unbranched alkanes of at least 4 members (excludes halogenated alkanes) is 16. The van der Waals surface area contributed by atoms with Gasteiger partial charge in [-0.2, -0.15) is 12.0 Å². The zero-order chi connectivity index (χ0) is 19.3. The van der Waals surface area contributed by atoms with Crippen molar-refractivity contribution in [3.05, 3.63) is 0 Å². The molecule has 0 aliphatic carbocycles. The van der Waals surface area contributed by atoms with Gasteiger partial charge in [0.1, 0.15) is 0 Å². The summed E-state index contributed by atoms with van der Waals surface area (Å²) in [5, 5.41) is 0. The summed E-state index contributed by atoms with van der Waals surface area (Å²) in [6, 6.07) is 0. The third-order valence-corrected chi connectivity index (χ3v) is 6.58. The average Bonchev–Trinajstić information content (AvgIpc) is 2.63. The summed E-state index contributed by atoms with van der Waals surface area (Å²) in [5.74, 6) is 0.696. The molecule has 0 N–H and O–H groups in total. The molecule has 4 nitrogen and oxygen atoms in total. The Bertz CT molecular complexity index is 372. The Labute approximate surface area is 167 Å². The molecule has 0 radical (unpaired) electrons. The molecule has 0 fully saturated rings. The van der Waals surface area contributed by atoms with Crippen LogP contribution in [0.1, 0.15) is 116 Å². The van der Waals surface area contributed by atoms with Crippen LogP contribution in [-0.4, -0.2) is 21.3 Å². The van der Waals surface area contributed by atoms with E-state index in [9.17, 15) is 8.42 Å². The van der Waals surface area contributed by atoms with Crippen LogP contribution in [0.3, 0.4) is 0 Å². The Morgan fingerprint density at radius 1 is 0.615 bits per heavy atom. The molecule has 0 aromatic heterocycles. The molecule has 0 atom stereocenters. The van der Waals surface area contributed by atoms with Crippen LogP contribution >= 0.6 is 12.0 Å². The van der Waals surface area contributed by atoms with Gasteiger partial charge >= 0.3 is 10.4 Å². The molecule has 0 saturated carbocycles. The van der Waals surface area contributed by atoms with E-state index in [1.165, 1.54) is 96.3 Å². The second kappa shape index (κ2) is 20.0. The fourth-order valence-corrected chi connectivity index (χ4v) is 4.29. The topological polar surface area (TPSA) is 52.6 Å². The van der Waals surface area contributed by atoms with Crippen LogP contribution in [0.4, 0.5) is 0 Å². The fraction of sp³-hybridized carbons (Fsp3) is 1.00. The summed E-state index contributed by atoms with van der Waals surface area (Å²) >= 11 is 0.959. The van der Waals surface area contributed by atoms with Gasteiger partial charge in [-0.25, -0.2) is 0 Å². The average molecular weight is 411 g/mol. The minimum absolute atomic E-state index is 0.696. The quantitative estimate of drug-likeness (QED) is 0.148. The summed E-state index contributed by atoms with van der Waals surface area (Å²) in [4.78, 5) is 0. The van der Waals surface area contributed by atoms with E-state index in [1.807, 2.05) is 0 Å². The van der Waals surface area contributed by atoms with Gasteiger partial charge in [0.15, 0.2) is 0 Å². The van der Waals surface area contributed by atoms with Crippen molar-refractivity contribution in [3.63, 3.8) is 0 Å². The van der Waals surface area contributed by atoms with Crippen LogP contribution in [0.5, 0.6) is 0 Å². The molecule has 0 saturated heterocycles. The highest BCUT2D eigenvalue weighted by molar-refractivity contribution is 8.02. The molecule has 0 spiro atoms. The molecule has 0 aromatic carbocycles. The van der Waals surface area contributed by atoms with Crippen LogP contribution in [0, 0.1) is 0 Å². The van der Waals surface area contributed by atoms with Gasteiger partial charge in [-0.1, -0.05) is 110 Å². The van der Waals surface area contributed by atoms with Gasteiger partial charge < -0.3 is 0 Å². The Morgan fingerprint density at radius 3 is 1.31 bits per heavy atom. The molecule has 0 bridgehead atoms. The number of hydrogen-bond acceptors (Lipinski definition) is 5. The zero-order valence-corrected chi connectivity index (χ0v) is 18.8. The lowest BCUT2D eigenvalue weighted by Crippen LogP contribution is -2.02. The largest absolute Gasteiger partial charge is 0.410 e. The maximum atomic E-state index is 10.9. The molecular weight excluding hydrogens is 368 g/mol. The smallest absolute Gasteiger partial charge is 0.251 e. The van der Waals surface area contributed by atoms with E-state index in [0.717, 1.165) is 32.0 Å². The monoisotopic (exact) mass is 410 g/mol. The van der Waals surface area contributed by atoms with Gasteiger partial charge in [0.2, 0.25) is 0 Å². The molecule has 0 rings (SSSR count). The first kappa shape index (κ1) is 26.2. The summed E-state index contributed by atoms with van der Waals surface area (Å²) in [6.45, 7) is 2.27. The third kappa shape index (κ3) is 20.5. The first-order valence-electron chi connectivity index (χ1n) is 10.7. The van der Waals surface area contributed by atoms with Crippen molar-refractivity contribution in [2.45, 2.75) is 116 Å². The van der Waals surface area contributed by atoms with Crippen molar-refractivity contribution in [1.29, 1.82) is 0 Å². The minimum atomic E-state index is -3.78. The molecule has 0 unspecified atom stereocenters. The lowest BCUT2D eigenvalue weighted by atomic mass is 10.0. The van der Waals surface area contributed by atoms with E-state index >= 15 is 0 Å². The standard InChI is InChI=1S/C20H42O4S2/c1-3-4-5-6-7-8-9-10-11-12-13-14-15-16-17-18-19-20-25-24-26(21,22)23-2/h3-20H2,1-2H3. The van der Waals surface area contributed by atoms with Crippen molar-refractivity contribution in [2.75, 3.05) is 12.9 Å². The third-order valence-electron chi connectivity index (χ3n) is 4.67. The highest BCUT2D eigenvalue weighted by Gasteiger charge is 2.08. The Kier molecular flexibility index (Phi) is 20.1. The van der Waals surface area contributed by atoms with E-state index < -0.39 is 10.4 Å². The SMILES string of the molecule is CCCCCCCCCCCCCCCCCCCSOS(=O)(=O)OC. The second-order valence-electron chi connectivity index (χ2n) is 7.12. The minimum Gasteiger partial charge on any atom is -0.251 e. The first-order valence-corrected chi connectivity index (χ1v) is 13.0. The number of hydrogen-bond donors (Lipinski definition) is 0. The molecule has 0 heterocycles. The highest BCUT2D eigenvalue weighted by atomic mass is 32.3. The number of rotatable bonds is 21. The Hall–Kier alpha value is 0.220. The van der Waals surface area contributed by atoms with E-state index in [-0.39, 0.29) is 0 Å². The van der Waals surface area contributed by atoms with Crippen LogP contribution < -0.4 is 0 Å². The van der Waals surface area contributed by atoms with E-state index in [4.69, 9.17) is 0 Å². The van der Waals surface area contributed by atoms with Crippen LogP contribution in [0.2, 0.25) is 0 Å². The van der Waals surface area contributed by atoms with Crippen molar-refractivity contribution >= 4 is 22.4 Å². The molecular formula is C20H42O4S2. The molecule has 0 amide bonds. The molecule has 0 aromatic rings. The predicted molar refractivity (Wildman–Crippen MR) is 114 cm³/mol. The summed E-state index contributed by atoms with van der Waals surface area (Å²) in [7, 11) is -2.68. The van der Waals surface area contributed by atoms with E-state index in [0.29, 0.717) is 5.75 Å². The van der Waals surface area contributed by atoms with Gasteiger partial charge in [0.05, 0.1) is 7.11 Å². The zero-order valence-electron chi connectivity index (χ0n) is 17.2. The lowest BCUT2D eigenvalue weighted by Gasteiger charge is -2.04. The molecule has 0 aliphatic heterocycles. The summed E-state index contributed by atoms with van der Waals surface area (Å²) in [5.41, 5.74) is 0. The molecule has 6 heteroatoms. The maximum Gasteiger partial charge on any atom is 0.410 e. The maximum absolute atomic E-state index is 10.9. The van der Waals surface area contributed by atoms with Crippen molar-refractivity contribution in [2.24, 2.45) is 0 Å². The Balaban J connectivity index is 3.07. The van der Waals surface area contributed by atoms with Gasteiger partial charge in [0, 0.05) is 17.8 Å². The Morgan fingerprint density at radius 2 is 0.962 bits per heavy atom. The van der Waals surface area contributed by atoms with E-state index in [1.54, 1.807) is 0 Å². The normalized spacial score (nSPS) is 11.9. The van der Waals surface area contributed by atoms with Crippen LogP contribution in [0.15, 0.2) is 0 Å².